The smallest absolute Gasteiger partial charge is 0.248 e. The Labute approximate surface area is 194 Å². The zero-order valence-electron chi connectivity index (χ0n) is 17.6. The fourth-order valence-electron chi connectivity index (χ4n) is 3.82. The van der Waals surface area contributed by atoms with Crippen LogP contribution in [0.5, 0.6) is 0 Å². The Balaban J connectivity index is 1.80. The van der Waals surface area contributed by atoms with Gasteiger partial charge in [-0.3, -0.25) is 9.10 Å². The first-order valence-corrected chi connectivity index (χ1v) is 12.9. The summed E-state index contributed by atoms with van der Waals surface area (Å²) in [5, 5.41) is 3.38. The molecule has 0 radical (unpaired) electrons. The highest BCUT2D eigenvalue weighted by Gasteiger charge is 2.32. The molecule has 1 fully saturated rings. The summed E-state index contributed by atoms with van der Waals surface area (Å²) < 4.78 is 26.2. The molecular formula is C22H27Cl2N3O3S. The van der Waals surface area contributed by atoms with E-state index in [1.807, 2.05) is 24.3 Å². The summed E-state index contributed by atoms with van der Waals surface area (Å²) in [5.41, 5.74) is 2.03. The van der Waals surface area contributed by atoms with Crippen molar-refractivity contribution in [1.82, 2.24) is 0 Å². The predicted molar refractivity (Wildman–Crippen MR) is 129 cm³/mol. The van der Waals surface area contributed by atoms with Gasteiger partial charge < -0.3 is 10.2 Å². The van der Waals surface area contributed by atoms with Crippen molar-refractivity contribution in [2.75, 3.05) is 33.9 Å². The van der Waals surface area contributed by atoms with Gasteiger partial charge in [0.25, 0.3) is 0 Å². The number of carbonyl (C=O) groups excluding carboxylic acids is 1. The second kappa shape index (κ2) is 10.1. The number of piperidine rings is 1. The first-order chi connectivity index (χ1) is 14.7. The average molecular weight is 484 g/mol. The Bertz CT molecular complexity index is 1020. The summed E-state index contributed by atoms with van der Waals surface area (Å²) in [6.07, 6.45) is 4.99. The number of benzene rings is 2. The molecule has 168 valence electrons. The standard InChI is InChI=1S/C22H27Cl2N3O3S/c1-3-21(27(31(2,29)30)18-11-12-19(23)20(24)15-18)22(28)25-16-7-9-17(10-8-16)26-13-5-4-6-14-26/h7-12,15,21H,3-6,13-14H2,1-2H3,(H,25,28)/t21-/m1/s1. The lowest BCUT2D eigenvalue weighted by molar-refractivity contribution is -0.117. The summed E-state index contributed by atoms with van der Waals surface area (Å²) in [6, 6.07) is 11.2. The van der Waals surface area contributed by atoms with Gasteiger partial charge in [-0.25, -0.2) is 8.42 Å². The second-order valence-corrected chi connectivity index (χ2v) is 10.3. The van der Waals surface area contributed by atoms with Gasteiger partial charge in [0.05, 0.1) is 22.0 Å². The lowest BCUT2D eigenvalue weighted by Crippen LogP contribution is -2.47. The maximum absolute atomic E-state index is 13.1. The predicted octanol–water partition coefficient (Wildman–Crippen LogP) is 5.17. The minimum absolute atomic E-state index is 0.219. The molecule has 1 amide bonds. The Morgan fingerprint density at radius 2 is 1.71 bits per heavy atom. The van der Waals surface area contributed by atoms with Crippen LogP contribution in [0, 0.1) is 0 Å². The van der Waals surface area contributed by atoms with Gasteiger partial charge in [0.2, 0.25) is 15.9 Å². The minimum atomic E-state index is -3.75. The highest BCUT2D eigenvalue weighted by atomic mass is 35.5. The van der Waals surface area contributed by atoms with E-state index >= 15 is 0 Å². The van der Waals surface area contributed by atoms with Crippen molar-refractivity contribution >= 4 is 56.2 Å². The van der Waals surface area contributed by atoms with Gasteiger partial charge in [-0.05, 0) is 68.1 Å². The highest BCUT2D eigenvalue weighted by Crippen LogP contribution is 2.31. The number of rotatable bonds is 7. The van der Waals surface area contributed by atoms with Crippen molar-refractivity contribution in [3.05, 3.63) is 52.5 Å². The molecule has 0 aromatic heterocycles. The van der Waals surface area contributed by atoms with Crippen LogP contribution in [-0.2, 0) is 14.8 Å². The van der Waals surface area contributed by atoms with Crippen molar-refractivity contribution in [2.45, 2.75) is 38.6 Å². The fourth-order valence-corrected chi connectivity index (χ4v) is 5.31. The monoisotopic (exact) mass is 483 g/mol. The quantitative estimate of drug-likeness (QED) is 0.589. The first kappa shape index (κ1) is 23.7. The lowest BCUT2D eigenvalue weighted by atomic mass is 10.1. The third-order valence-corrected chi connectivity index (χ3v) is 7.26. The lowest BCUT2D eigenvalue weighted by Gasteiger charge is -2.30. The van der Waals surface area contributed by atoms with E-state index in [9.17, 15) is 13.2 Å². The third-order valence-electron chi connectivity index (χ3n) is 5.34. The van der Waals surface area contributed by atoms with E-state index in [0.29, 0.717) is 16.4 Å². The molecule has 2 aromatic carbocycles. The van der Waals surface area contributed by atoms with Crippen LogP contribution in [0.15, 0.2) is 42.5 Å². The van der Waals surface area contributed by atoms with Crippen LogP contribution in [0.4, 0.5) is 17.1 Å². The molecule has 0 saturated carbocycles. The van der Waals surface area contributed by atoms with Crippen molar-refractivity contribution < 1.29 is 13.2 Å². The van der Waals surface area contributed by atoms with Gasteiger partial charge in [0, 0.05) is 24.5 Å². The van der Waals surface area contributed by atoms with Gasteiger partial charge in [0.15, 0.2) is 0 Å². The molecule has 1 atom stereocenters. The molecule has 2 aromatic rings. The van der Waals surface area contributed by atoms with E-state index in [4.69, 9.17) is 23.2 Å². The van der Waals surface area contributed by atoms with Crippen LogP contribution in [0.2, 0.25) is 10.0 Å². The number of nitrogens with one attached hydrogen (secondary N) is 1. The van der Waals surface area contributed by atoms with E-state index in [-0.39, 0.29) is 11.4 Å². The summed E-state index contributed by atoms with van der Waals surface area (Å²) >= 11 is 12.1. The third kappa shape index (κ3) is 5.84. The van der Waals surface area contributed by atoms with Crippen molar-refractivity contribution in [3.8, 4) is 0 Å². The summed E-state index contributed by atoms with van der Waals surface area (Å²) in [4.78, 5) is 15.4. The summed E-state index contributed by atoms with van der Waals surface area (Å²) in [6.45, 7) is 3.84. The number of hydrogen-bond acceptors (Lipinski definition) is 4. The Hall–Kier alpha value is -1.96. The van der Waals surface area contributed by atoms with Crippen LogP contribution in [0.3, 0.4) is 0 Å². The molecule has 1 saturated heterocycles. The van der Waals surface area contributed by atoms with Gasteiger partial charge in [-0.15, -0.1) is 0 Å². The van der Waals surface area contributed by atoms with Gasteiger partial charge in [0.1, 0.15) is 6.04 Å². The molecule has 0 spiro atoms. The van der Waals surface area contributed by atoms with Crippen LogP contribution < -0.4 is 14.5 Å². The van der Waals surface area contributed by atoms with E-state index in [1.165, 1.54) is 31.4 Å². The number of amides is 1. The normalized spacial score (nSPS) is 15.4. The fraction of sp³-hybridized carbons (Fsp3) is 0.409. The molecular weight excluding hydrogens is 457 g/mol. The van der Waals surface area contributed by atoms with E-state index in [0.717, 1.165) is 29.3 Å². The minimum Gasteiger partial charge on any atom is -0.372 e. The van der Waals surface area contributed by atoms with E-state index < -0.39 is 22.0 Å². The largest absolute Gasteiger partial charge is 0.372 e. The SMILES string of the molecule is CC[C@H](C(=O)Nc1ccc(N2CCCCC2)cc1)N(c1ccc(Cl)c(Cl)c1)S(C)(=O)=O. The number of sulfonamides is 1. The highest BCUT2D eigenvalue weighted by molar-refractivity contribution is 7.92. The van der Waals surface area contributed by atoms with Crippen LogP contribution >= 0.6 is 23.2 Å². The summed E-state index contributed by atoms with van der Waals surface area (Å²) in [5.74, 6) is -0.412. The molecule has 3 rings (SSSR count). The molecule has 31 heavy (non-hydrogen) atoms. The number of carbonyl (C=O) groups is 1. The van der Waals surface area contributed by atoms with Gasteiger partial charge in [-0.1, -0.05) is 30.1 Å². The number of anilines is 3. The molecule has 0 aliphatic carbocycles. The molecule has 6 nitrogen and oxygen atoms in total. The van der Waals surface area contributed by atoms with Crippen LogP contribution in [0.25, 0.3) is 0 Å². The van der Waals surface area contributed by atoms with Gasteiger partial charge >= 0.3 is 0 Å². The second-order valence-electron chi connectivity index (χ2n) is 7.67. The first-order valence-electron chi connectivity index (χ1n) is 10.3. The molecule has 0 unspecified atom stereocenters. The average Bonchev–Trinajstić information content (AvgIpc) is 2.74. The molecule has 1 aliphatic heterocycles. The Morgan fingerprint density at radius 1 is 1.06 bits per heavy atom. The maximum atomic E-state index is 13.1. The summed E-state index contributed by atoms with van der Waals surface area (Å²) in [7, 11) is -3.75. The zero-order chi connectivity index (χ0) is 22.6. The van der Waals surface area contributed by atoms with Crippen molar-refractivity contribution in [3.63, 3.8) is 0 Å². The molecule has 9 heteroatoms. The maximum Gasteiger partial charge on any atom is 0.248 e. The van der Waals surface area contributed by atoms with Crippen molar-refractivity contribution in [2.24, 2.45) is 0 Å². The molecule has 1 heterocycles. The van der Waals surface area contributed by atoms with Crippen LogP contribution in [-0.4, -0.2) is 39.7 Å². The molecule has 0 bridgehead atoms. The van der Waals surface area contributed by atoms with E-state index in [2.05, 4.69) is 10.2 Å². The van der Waals surface area contributed by atoms with Crippen molar-refractivity contribution in [1.29, 1.82) is 0 Å². The van der Waals surface area contributed by atoms with E-state index in [1.54, 1.807) is 13.0 Å². The Kier molecular flexibility index (Phi) is 7.73. The number of halogens is 2. The topological polar surface area (TPSA) is 69.7 Å². The zero-order valence-corrected chi connectivity index (χ0v) is 20.0. The number of nitrogens with zero attached hydrogens (tertiary/aromatic N) is 2. The number of hydrogen-bond donors (Lipinski definition) is 1. The Morgan fingerprint density at radius 3 is 2.26 bits per heavy atom. The molecule has 1 aliphatic rings. The van der Waals surface area contributed by atoms with Crippen LogP contribution in [0.1, 0.15) is 32.6 Å². The van der Waals surface area contributed by atoms with Gasteiger partial charge in [-0.2, -0.15) is 0 Å². The molecule has 1 N–H and O–H groups in total.